The van der Waals surface area contributed by atoms with Gasteiger partial charge in [-0.05, 0) is 55.6 Å². The number of rotatable bonds is 7. The zero-order valence-electron chi connectivity index (χ0n) is 16.4. The van der Waals surface area contributed by atoms with E-state index >= 15 is 0 Å². The number of nitrogens with zero attached hydrogens (tertiary/aromatic N) is 4. The van der Waals surface area contributed by atoms with Crippen molar-refractivity contribution in [3.8, 4) is 11.4 Å². The largest absolute Gasteiger partial charge is 0.506 e. The fraction of sp³-hybridized carbons (Fsp3) is 0.0500. The Hall–Kier alpha value is -3.96. The molecule has 0 aliphatic heterocycles. The lowest BCUT2D eigenvalue weighted by molar-refractivity contribution is 0.477. The summed E-state index contributed by atoms with van der Waals surface area (Å²) in [5, 5.41) is 20.4. The Balaban J connectivity index is 1.52. The first-order chi connectivity index (χ1) is 14.9. The van der Waals surface area contributed by atoms with Gasteiger partial charge in [-0.25, -0.2) is 27.8 Å². The second-order valence-corrected chi connectivity index (χ2v) is 8.31. The van der Waals surface area contributed by atoms with Gasteiger partial charge in [0.05, 0.1) is 16.3 Å². The van der Waals surface area contributed by atoms with E-state index in [4.69, 9.17) is 0 Å². The third kappa shape index (κ3) is 4.63. The fourth-order valence-electron chi connectivity index (χ4n) is 2.80. The van der Waals surface area contributed by atoms with E-state index < -0.39 is 10.0 Å². The molecule has 0 radical (unpaired) electrons. The van der Waals surface area contributed by atoms with Crippen LogP contribution in [0.5, 0.6) is 5.75 Å². The number of phenolic OH excluding ortho intramolecular Hbond substituents is 1. The fourth-order valence-corrected chi connectivity index (χ4v) is 3.56. The Morgan fingerprint density at radius 3 is 2.39 bits per heavy atom. The molecule has 0 saturated carbocycles. The van der Waals surface area contributed by atoms with Gasteiger partial charge in [-0.2, -0.15) is 5.10 Å². The van der Waals surface area contributed by atoms with E-state index in [0.717, 1.165) is 11.4 Å². The molecule has 2 aromatic heterocycles. The van der Waals surface area contributed by atoms with E-state index in [1.54, 1.807) is 16.9 Å². The molecule has 31 heavy (non-hydrogen) atoms. The molecular weight excluding hydrogens is 418 g/mol. The van der Waals surface area contributed by atoms with Crippen LogP contribution in [-0.2, 0) is 10.0 Å². The highest BCUT2D eigenvalue weighted by Crippen LogP contribution is 2.29. The number of hydrogen-bond donors (Lipinski definition) is 4. The summed E-state index contributed by atoms with van der Waals surface area (Å²) in [5.41, 5.74) is 1.93. The number of phenols is 1. The van der Waals surface area contributed by atoms with Crippen molar-refractivity contribution in [2.24, 2.45) is 0 Å². The molecule has 10 nitrogen and oxygen atoms in total. The molecule has 0 aliphatic carbocycles. The van der Waals surface area contributed by atoms with Crippen LogP contribution >= 0.6 is 0 Å². The number of sulfonamides is 1. The third-order valence-corrected chi connectivity index (χ3v) is 5.80. The number of hydrogen-bond acceptors (Lipinski definition) is 8. The van der Waals surface area contributed by atoms with Gasteiger partial charge in [0.15, 0.2) is 0 Å². The van der Waals surface area contributed by atoms with Crippen molar-refractivity contribution >= 4 is 33.0 Å². The Labute approximate surface area is 178 Å². The molecule has 4 N–H and O–H groups in total. The molecule has 11 heteroatoms. The summed E-state index contributed by atoms with van der Waals surface area (Å²) in [6, 6.07) is 15.0. The Morgan fingerprint density at radius 2 is 1.71 bits per heavy atom. The van der Waals surface area contributed by atoms with Crippen molar-refractivity contribution in [1.82, 2.24) is 24.5 Å². The van der Waals surface area contributed by atoms with Crippen LogP contribution < -0.4 is 15.4 Å². The van der Waals surface area contributed by atoms with Gasteiger partial charge in [0.25, 0.3) is 0 Å². The van der Waals surface area contributed by atoms with Gasteiger partial charge >= 0.3 is 0 Å². The highest BCUT2D eigenvalue weighted by Gasteiger charge is 2.14. The maximum atomic E-state index is 12.0. The Morgan fingerprint density at radius 1 is 0.968 bits per heavy atom. The van der Waals surface area contributed by atoms with E-state index in [1.165, 1.54) is 31.6 Å². The zero-order valence-corrected chi connectivity index (χ0v) is 17.2. The van der Waals surface area contributed by atoms with Gasteiger partial charge in [-0.1, -0.05) is 0 Å². The summed E-state index contributed by atoms with van der Waals surface area (Å²) >= 11 is 0. The first kappa shape index (κ1) is 20.3. The molecule has 0 fully saturated rings. The average Bonchev–Trinajstić information content (AvgIpc) is 3.31. The summed E-state index contributed by atoms with van der Waals surface area (Å²) < 4.78 is 28.0. The smallest absolute Gasteiger partial charge is 0.240 e. The van der Waals surface area contributed by atoms with Crippen LogP contribution in [0.2, 0.25) is 0 Å². The molecule has 2 heterocycles. The van der Waals surface area contributed by atoms with E-state index in [1.807, 2.05) is 36.5 Å². The van der Waals surface area contributed by atoms with Gasteiger partial charge in [-0.3, -0.25) is 0 Å². The number of aromatic hydroxyl groups is 1. The molecule has 2 aromatic carbocycles. The Bertz CT molecular complexity index is 1290. The van der Waals surface area contributed by atoms with Crippen molar-refractivity contribution in [3.63, 3.8) is 0 Å². The number of anilines is 4. The second-order valence-electron chi connectivity index (χ2n) is 6.42. The molecule has 0 amide bonds. The minimum absolute atomic E-state index is 0.0139. The summed E-state index contributed by atoms with van der Waals surface area (Å²) in [7, 11) is -2.33. The molecule has 0 unspecified atom stereocenters. The predicted octanol–water partition coefficient (Wildman–Crippen LogP) is 2.76. The summed E-state index contributed by atoms with van der Waals surface area (Å²) in [6.45, 7) is 0. The molecule has 0 bridgehead atoms. The SMILES string of the molecule is CNS(=O)(=O)c1ccc(O)c(Nc2cc(Nc3ccc(-n4cccn4)cc3)ncn2)c1. The quantitative estimate of drug-likeness (QED) is 0.324. The van der Waals surface area contributed by atoms with Crippen LogP contribution in [0.1, 0.15) is 0 Å². The van der Waals surface area contributed by atoms with E-state index in [2.05, 4.69) is 30.4 Å². The predicted molar refractivity (Wildman–Crippen MR) is 117 cm³/mol. The van der Waals surface area contributed by atoms with E-state index in [-0.39, 0.29) is 16.3 Å². The first-order valence-electron chi connectivity index (χ1n) is 9.17. The van der Waals surface area contributed by atoms with Crippen LogP contribution in [0, 0.1) is 0 Å². The minimum Gasteiger partial charge on any atom is -0.506 e. The maximum absolute atomic E-state index is 12.0. The van der Waals surface area contributed by atoms with Crippen molar-refractivity contribution in [2.75, 3.05) is 17.7 Å². The summed E-state index contributed by atoms with van der Waals surface area (Å²) in [5.74, 6) is 0.778. The second kappa shape index (κ2) is 8.42. The normalized spacial score (nSPS) is 11.3. The van der Waals surface area contributed by atoms with Crippen LogP contribution in [0.25, 0.3) is 5.69 Å². The lowest BCUT2D eigenvalue weighted by Crippen LogP contribution is -2.18. The number of nitrogens with one attached hydrogen (secondary N) is 3. The van der Waals surface area contributed by atoms with Crippen molar-refractivity contribution in [2.45, 2.75) is 4.90 Å². The molecule has 0 spiro atoms. The van der Waals surface area contributed by atoms with Gasteiger partial charge in [0.2, 0.25) is 10.0 Å². The lowest BCUT2D eigenvalue weighted by Gasteiger charge is -2.11. The molecule has 158 valence electrons. The van der Waals surface area contributed by atoms with E-state index in [9.17, 15) is 13.5 Å². The van der Waals surface area contributed by atoms with Crippen molar-refractivity contribution in [1.29, 1.82) is 0 Å². The maximum Gasteiger partial charge on any atom is 0.240 e. The third-order valence-electron chi connectivity index (χ3n) is 4.39. The number of aromatic nitrogens is 4. The van der Waals surface area contributed by atoms with E-state index in [0.29, 0.717) is 11.6 Å². The molecule has 4 aromatic rings. The highest BCUT2D eigenvalue weighted by atomic mass is 32.2. The van der Waals surface area contributed by atoms with Crippen molar-refractivity contribution < 1.29 is 13.5 Å². The van der Waals surface area contributed by atoms with Crippen LogP contribution in [0.15, 0.2) is 78.2 Å². The Kier molecular flexibility index (Phi) is 5.52. The highest BCUT2D eigenvalue weighted by molar-refractivity contribution is 7.89. The molecule has 4 rings (SSSR count). The van der Waals surface area contributed by atoms with Crippen LogP contribution in [0.3, 0.4) is 0 Å². The average molecular weight is 437 g/mol. The van der Waals surface area contributed by atoms with Gasteiger partial charge in [0, 0.05) is 24.1 Å². The van der Waals surface area contributed by atoms with Gasteiger partial charge in [0.1, 0.15) is 23.7 Å². The topological polar surface area (TPSA) is 134 Å². The molecular formula is C20H19N7O3S. The van der Waals surface area contributed by atoms with Gasteiger partial charge in [-0.15, -0.1) is 0 Å². The van der Waals surface area contributed by atoms with Crippen LogP contribution in [0.4, 0.5) is 23.0 Å². The molecule has 0 saturated heterocycles. The van der Waals surface area contributed by atoms with Gasteiger partial charge < -0.3 is 15.7 Å². The first-order valence-corrected chi connectivity index (χ1v) is 10.7. The zero-order chi connectivity index (χ0) is 21.8. The lowest BCUT2D eigenvalue weighted by atomic mass is 10.2. The standard InChI is InChI=1S/C20H19N7O3S/c1-21-31(29,30)16-7-8-18(28)17(11-16)26-20-12-19(22-13-23-20)25-14-3-5-15(6-4-14)27-10-2-9-24-27/h2-13,21,28H,1H3,(H2,22,23,25,26). The molecule has 0 aliphatic rings. The molecule has 0 atom stereocenters. The summed E-state index contributed by atoms with van der Waals surface area (Å²) in [4.78, 5) is 8.33. The summed E-state index contributed by atoms with van der Waals surface area (Å²) in [6.07, 6.45) is 4.92. The number of benzene rings is 2. The minimum atomic E-state index is -3.65. The monoisotopic (exact) mass is 437 g/mol. The van der Waals surface area contributed by atoms with Crippen LogP contribution in [-0.4, -0.2) is 40.3 Å². The van der Waals surface area contributed by atoms with Crippen molar-refractivity contribution in [3.05, 3.63) is 73.3 Å².